The van der Waals surface area contributed by atoms with E-state index in [1.165, 1.54) is 25.0 Å². The Balaban J connectivity index is 2.00. The van der Waals surface area contributed by atoms with Crippen LogP contribution < -0.4 is 5.32 Å². The molecule has 0 amide bonds. The second-order valence-corrected chi connectivity index (χ2v) is 5.60. The minimum absolute atomic E-state index is 0.280. The minimum atomic E-state index is -0.541. The highest BCUT2D eigenvalue weighted by Crippen LogP contribution is 2.19. The van der Waals surface area contributed by atoms with E-state index in [1.807, 2.05) is 0 Å². The first-order valence-corrected chi connectivity index (χ1v) is 7.01. The van der Waals surface area contributed by atoms with Crippen LogP contribution in [0.25, 0.3) is 0 Å². The summed E-state index contributed by atoms with van der Waals surface area (Å²) in [4.78, 5) is 2.34. The van der Waals surface area contributed by atoms with E-state index in [9.17, 15) is 9.50 Å². The topological polar surface area (TPSA) is 35.5 Å². The van der Waals surface area contributed by atoms with Crippen molar-refractivity contribution in [1.29, 1.82) is 0 Å². The van der Waals surface area contributed by atoms with Crippen LogP contribution in [0.4, 0.5) is 4.39 Å². The van der Waals surface area contributed by atoms with Gasteiger partial charge in [-0.1, -0.05) is 6.07 Å². The zero-order chi connectivity index (χ0) is 13.8. The Kier molecular flexibility index (Phi) is 4.77. The highest BCUT2D eigenvalue weighted by molar-refractivity contribution is 5.28. The van der Waals surface area contributed by atoms with Gasteiger partial charge in [-0.15, -0.1) is 0 Å². The van der Waals surface area contributed by atoms with Crippen LogP contribution in [0, 0.1) is 5.82 Å². The van der Waals surface area contributed by atoms with Crippen molar-refractivity contribution in [3.8, 4) is 5.75 Å². The fourth-order valence-corrected chi connectivity index (χ4v) is 2.54. The Morgan fingerprint density at radius 3 is 2.84 bits per heavy atom. The lowest BCUT2D eigenvalue weighted by atomic mass is 10.1. The molecule has 1 unspecified atom stereocenters. The van der Waals surface area contributed by atoms with E-state index in [1.54, 1.807) is 6.07 Å². The summed E-state index contributed by atoms with van der Waals surface area (Å²) in [5, 5.41) is 12.7. The van der Waals surface area contributed by atoms with E-state index in [2.05, 4.69) is 24.1 Å². The molecule has 1 heterocycles. The van der Waals surface area contributed by atoms with Gasteiger partial charge in [0.1, 0.15) is 0 Å². The summed E-state index contributed by atoms with van der Waals surface area (Å²) >= 11 is 0. The van der Waals surface area contributed by atoms with Gasteiger partial charge in [-0.2, -0.15) is 0 Å². The third-order valence-corrected chi connectivity index (χ3v) is 3.75. The molecule has 0 spiro atoms. The predicted molar refractivity (Wildman–Crippen MR) is 74.6 cm³/mol. The SMILES string of the molecule is CC(C)N(Cc1ccc(O)c(F)c1)CC1CCCN1. The van der Waals surface area contributed by atoms with Crippen molar-refractivity contribution in [1.82, 2.24) is 10.2 Å². The lowest BCUT2D eigenvalue weighted by molar-refractivity contribution is 0.194. The van der Waals surface area contributed by atoms with Crippen LogP contribution in [-0.2, 0) is 6.54 Å². The van der Waals surface area contributed by atoms with Gasteiger partial charge in [-0.05, 0) is 50.9 Å². The van der Waals surface area contributed by atoms with Crippen molar-refractivity contribution in [3.63, 3.8) is 0 Å². The number of rotatable bonds is 5. The molecule has 1 atom stereocenters. The Bertz CT molecular complexity index is 417. The molecule has 1 saturated heterocycles. The number of phenolic OH excluding ortho intramolecular Hbond substituents is 1. The van der Waals surface area contributed by atoms with Crippen LogP contribution in [0.5, 0.6) is 5.75 Å². The van der Waals surface area contributed by atoms with E-state index in [0.29, 0.717) is 18.6 Å². The maximum absolute atomic E-state index is 13.4. The van der Waals surface area contributed by atoms with E-state index in [4.69, 9.17) is 0 Å². The summed E-state index contributed by atoms with van der Waals surface area (Å²) < 4.78 is 13.4. The second-order valence-electron chi connectivity index (χ2n) is 5.60. The Labute approximate surface area is 114 Å². The average Bonchev–Trinajstić information content (AvgIpc) is 2.86. The normalized spacial score (nSPS) is 19.5. The molecule has 106 valence electrons. The smallest absolute Gasteiger partial charge is 0.165 e. The van der Waals surface area contributed by atoms with Crippen LogP contribution >= 0.6 is 0 Å². The van der Waals surface area contributed by atoms with Gasteiger partial charge in [0.2, 0.25) is 0 Å². The molecule has 0 radical (unpaired) electrons. The first kappa shape index (κ1) is 14.3. The maximum Gasteiger partial charge on any atom is 0.165 e. The lowest BCUT2D eigenvalue weighted by Crippen LogP contribution is -2.40. The molecule has 1 fully saturated rings. The molecule has 0 bridgehead atoms. The second kappa shape index (κ2) is 6.35. The quantitative estimate of drug-likeness (QED) is 0.859. The van der Waals surface area contributed by atoms with Gasteiger partial charge >= 0.3 is 0 Å². The van der Waals surface area contributed by atoms with Crippen LogP contribution in [-0.4, -0.2) is 35.2 Å². The number of nitrogens with zero attached hydrogens (tertiary/aromatic N) is 1. The third-order valence-electron chi connectivity index (χ3n) is 3.75. The Morgan fingerprint density at radius 1 is 1.47 bits per heavy atom. The molecule has 1 aromatic rings. The highest BCUT2D eigenvalue weighted by atomic mass is 19.1. The van der Waals surface area contributed by atoms with Crippen molar-refractivity contribution in [2.24, 2.45) is 0 Å². The molecule has 19 heavy (non-hydrogen) atoms. The Morgan fingerprint density at radius 2 is 2.26 bits per heavy atom. The molecule has 3 nitrogen and oxygen atoms in total. The van der Waals surface area contributed by atoms with Crippen molar-refractivity contribution in [2.75, 3.05) is 13.1 Å². The fraction of sp³-hybridized carbons (Fsp3) is 0.600. The summed E-state index contributed by atoms with van der Waals surface area (Å²) in [6.07, 6.45) is 2.46. The van der Waals surface area contributed by atoms with Crippen LogP contribution in [0.2, 0.25) is 0 Å². The predicted octanol–water partition coefficient (Wildman–Crippen LogP) is 2.49. The molecule has 2 N–H and O–H groups in total. The molecule has 0 aliphatic carbocycles. The van der Waals surface area contributed by atoms with E-state index in [-0.39, 0.29) is 5.75 Å². The van der Waals surface area contributed by atoms with Crippen molar-refractivity contribution in [2.45, 2.75) is 45.3 Å². The molecule has 1 aliphatic heterocycles. The monoisotopic (exact) mass is 266 g/mol. The Hall–Kier alpha value is -1.13. The van der Waals surface area contributed by atoms with Gasteiger partial charge in [-0.25, -0.2) is 4.39 Å². The largest absolute Gasteiger partial charge is 0.505 e. The molecule has 4 heteroatoms. The summed E-state index contributed by atoms with van der Waals surface area (Å²) in [6.45, 7) is 7.12. The number of halogens is 1. The standard InChI is InChI=1S/C15H23FN2O/c1-11(2)18(10-13-4-3-7-17-13)9-12-5-6-15(19)14(16)8-12/h5-6,8,11,13,17,19H,3-4,7,9-10H2,1-2H3. The lowest BCUT2D eigenvalue weighted by Gasteiger charge is -2.29. The van der Waals surface area contributed by atoms with Gasteiger partial charge in [0.25, 0.3) is 0 Å². The van der Waals surface area contributed by atoms with E-state index in [0.717, 1.165) is 18.7 Å². The summed E-state index contributed by atoms with van der Waals surface area (Å²) in [7, 11) is 0. The number of aromatic hydroxyl groups is 1. The number of nitrogens with one attached hydrogen (secondary N) is 1. The number of hydrogen-bond acceptors (Lipinski definition) is 3. The summed E-state index contributed by atoms with van der Waals surface area (Å²) in [5.41, 5.74) is 0.905. The van der Waals surface area contributed by atoms with Crippen LogP contribution in [0.3, 0.4) is 0 Å². The van der Waals surface area contributed by atoms with Gasteiger partial charge in [-0.3, -0.25) is 4.90 Å². The number of phenols is 1. The molecular weight excluding hydrogens is 243 g/mol. The van der Waals surface area contributed by atoms with E-state index >= 15 is 0 Å². The first-order valence-electron chi connectivity index (χ1n) is 7.01. The van der Waals surface area contributed by atoms with Gasteiger partial charge in [0.15, 0.2) is 11.6 Å². The van der Waals surface area contributed by atoms with Gasteiger partial charge in [0, 0.05) is 25.2 Å². The average molecular weight is 266 g/mol. The van der Waals surface area contributed by atoms with Crippen molar-refractivity contribution in [3.05, 3.63) is 29.6 Å². The minimum Gasteiger partial charge on any atom is -0.505 e. The number of benzene rings is 1. The molecule has 0 aromatic heterocycles. The first-order chi connectivity index (χ1) is 9.06. The molecule has 2 rings (SSSR count). The van der Waals surface area contributed by atoms with E-state index < -0.39 is 5.82 Å². The molecule has 0 saturated carbocycles. The summed E-state index contributed by atoms with van der Waals surface area (Å²) in [5.74, 6) is -0.822. The van der Waals surface area contributed by atoms with Gasteiger partial charge < -0.3 is 10.4 Å². The molecular formula is C15H23FN2O. The maximum atomic E-state index is 13.4. The zero-order valence-electron chi connectivity index (χ0n) is 11.7. The van der Waals surface area contributed by atoms with Crippen LogP contribution in [0.15, 0.2) is 18.2 Å². The zero-order valence-corrected chi connectivity index (χ0v) is 11.7. The highest BCUT2D eigenvalue weighted by Gasteiger charge is 2.20. The fourth-order valence-electron chi connectivity index (χ4n) is 2.54. The van der Waals surface area contributed by atoms with Crippen molar-refractivity contribution >= 4 is 0 Å². The summed E-state index contributed by atoms with van der Waals surface area (Å²) in [6, 6.07) is 5.60. The van der Waals surface area contributed by atoms with Gasteiger partial charge in [0.05, 0.1) is 0 Å². The molecule has 1 aromatic carbocycles. The molecule has 1 aliphatic rings. The van der Waals surface area contributed by atoms with Crippen LogP contribution in [0.1, 0.15) is 32.3 Å². The van der Waals surface area contributed by atoms with Crippen molar-refractivity contribution < 1.29 is 9.50 Å². The third kappa shape index (κ3) is 3.91. The number of hydrogen-bond donors (Lipinski definition) is 2.